The number of rotatable bonds is 11. The smallest absolute Gasteiger partial charge is 0.236 e. The first kappa shape index (κ1) is 94.3. The molecule has 8 aromatic heterocycles. The van der Waals surface area contributed by atoms with E-state index in [0.717, 1.165) is 155 Å². The number of ether oxygens (including phenoxy) is 2. The van der Waals surface area contributed by atoms with Crippen molar-refractivity contribution < 1.29 is 9.47 Å². The molecule has 22 rings (SSSR count). The first-order valence-corrected chi connectivity index (χ1v) is 47.0. The first-order chi connectivity index (χ1) is 64.6. The molecule has 18 nitrogen and oxygen atoms in total. The van der Waals surface area contributed by atoms with Gasteiger partial charge in [-0.1, -0.05) is 206 Å². The average Bonchev–Trinajstić information content (AvgIpc) is 0.950. The summed E-state index contributed by atoms with van der Waals surface area (Å²) in [6, 6.07) is 88.1. The molecule has 16 aromatic rings. The molecule has 6 aliphatic rings. The summed E-state index contributed by atoms with van der Waals surface area (Å²) in [4.78, 5) is 63.9. The Labute approximate surface area is 785 Å². The largest absolute Gasteiger partial charge is 0.474 e. The molecule has 4 fully saturated rings. The van der Waals surface area contributed by atoms with Crippen molar-refractivity contribution in [3.05, 3.63) is 336 Å². The lowest BCUT2D eigenvalue weighted by atomic mass is 9.71. The van der Waals surface area contributed by atoms with Crippen molar-refractivity contribution in [1.29, 1.82) is 0 Å². The summed E-state index contributed by atoms with van der Waals surface area (Å²) in [6.45, 7) is 30.8. The average molecular weight is 1760 g/mol. The number of likely N-dealkylation sites (N-methyl/N-ethyl adjacent to an activating group) is 2. The van der Waals surface area contributed by atoms with Gasteiger partial charge in [-0.05, 0) is 272 Å². The number of aryl methyl sites for hydroxylation is 8. The maximum Gasteiger partial charge on any atom is 0.236 e. The number of para-hydroxylation sites is 2. The van der Waals surface area contributed by atoms with Crippen LogP contribution in [0.2, 0.25) is 0 Å². The lowest BCUT2D eigenvalue weighted by molar-refractivity contribution is -0.0718. The molecule has 4 atom stereocenters. The van der Waals surface area contributed by atoms with Crippen LogP contribution in [0.3, 0.4) is 0 Å². The van der Waals surface area contributed by atoms with Crippen LogP contribution in [0, 0.1) is 67.2 Å². The molecule has 18 heteroatoms. The van der Waals surface area contributed by atoms with Gasteiger partial charge in [-0.15, -0.1) is 0 Å². The predicted molar refractivity (Wildman–Crippen MR) is 554 cm³/mol. The summed E-state index contributed by atoms with van der Waals surface area (Å²) >= 11 is 0. The molecule has 0 radical (unpaired) electrons. The fourth-order valence-electron chi connectivity index (χ4n) is 18.8. The van der Waals surface area contributed by atoms with Gasteiger partial charge in [-0.3, -0.25) is 49.7 Å². The van der Waals surface area contributed by atoms with Gasteiger partial charge in [0.15, 0.2) is 0 Å². The van der Waals surface area contributed by atoms with Crippen molar-refractivity contribution in [2.75, 3.05) is 87.2 Å². The van der Waals surface area contributed by atoms with E-state index >= 15 is 0 Å². The van der Waals surface area contributed by atoms with E-state index < -0.39 is 0 Å². The zero-order valence-electron chi connectivity index (χ0n) is 79.8. The molecule has 2 unspecified atom stereocenters. The highest BCUT2D eigenvalue weighted by molar-refractivity contribution is 6.18. The number of fused-ring (bicyclic) bond motifs is 14. The predicted octanol–water partition coefficient (Wildman–Crippen LogP) is 24.6. The van der Waals surface area contributed by atoms with Crippen LogP contribution < -0.4 is 0 Å². The Morgan fingerprint density at radius 2 is 0.812 bits per heavy atom. The molecule has 0 saturated carbocycles. The molecule has 8 aromatic carbocycles. The van der Waals surface area contributed by atoms with Gasteiger partial charge in [0.1, 0.15) is 24.6 Å². The molecule has 678 valence electrons. The minimum Gasteiger partial charge on any atom is -0.474 e. The third-order valence-electron chi connectivity index (χ3n) is 25.0. The summed E-state index contributed by atoms with van der Waals surface area (Å²) in [5.41, 5.74) is 25.4. The molecule has 2 bridgehead atoms. The minimum atomic E-state index is -0.136. The van der Waals surface area contributed by atoms with Crippen molar-refractivity contribution >= 4 is 101 Å². The third-order valence-corrected chi connectivity index (χ3v) is 25.0. The second kappa shape index (κ2) is 45.2. The number of benzene rings is 8. The van der Waals surface area contributed by atoms with Crippen molar-refractivity contribution in [3.63, 3.8) is 0 Å². The van der Waals surface area contributed by atoms with E-state index in [0.29, 0.717) is 25.0 Å². The molecule has 6 aliphatic heterocycles. The summed E-state index contributed by atoms with van der Waals surface area (Å²) in [5, 5.41) is 6.83. The van der Waals surface area contributed by atoms with Gasteiger partial charge in [-0.25, -0.2) is 20.0 Å². The number of aliphatic imine (C=N–C) groups is 4. The van der Waals surface area contributed by atoms with Gasteiger partial charge in [0, 0.05) is 119 Å². The Morgan fingerprint density at radius 1 is 0.398 bits per heavy atom. The van der Waals surface area contributed by atoms with Gasteiger partial charge in [0.25, 0.3) is 0 Å². The van der Waals surface area contributed by atoms with Crippen LogP contribution in [-0.2, 0) is 9.47 Å². The number of nitrogens with zero attached hydrogens (tertiary/aromatic N) is 16. The Morgan fingerprint density at radius 3 is 1.23 bits per heavy atom. The van der Waals surface area contributed by atoms with Gasteiger partial charge in [0.05, 0.1) is 67.9 Å². The molecule has 0 aliphatic carbocycles. The highest BCUT2D eigenvalue weighted by atomic mass is 16.5. The van der Waals surface area contributed by atoms with E-state index in [9.17, 15) is 0 Å². The van der Waals surface area contributed by atoms with E-state index in [2.05, 4.69) is 294 Å². The minimum absolute atomic E-state index is 0.136. The fraction of sp³-hybridized carbons (Fsp3) is 0.304. The van der Waals surface area contributed by atoms with Gasteiger partial charge in [0.2, 0.25) is 11.8 Å². The molecular formula is C115H126N16O2. The number of hydrogen-bond donors (Lipinski definition) is 0. The second-order valence-electron chi connectivity index (χ2n) is 36.7. The summed E-state index contributed by atoms with van der Waals surface area (Å²) in [5.74, 6) is 3.35. The topological polar surface area (TPSA) is 184 Å². The number of pyridine rings is 8. The molecule has 0 N–H and O–H groups in total. The number of piperidine rings is 4. The van der Waals surface area contributed by atoms with Gasteiger partial charge >= 0.3 is 0 Å². The van der Waals surface area contributed by atoms with Crippen LogP contribution in [0.15, 0.2) is 300 Å². The van der Waals surface area contributed by atoms with Crippen LogP contribution in [0.4, 0.5) is 11.4 Å². The molecule has 4 saturated heterocycles. The fourth-order valence-corrected chi connectivity index (χ4v) is 18.8. The third kappa shape index (κ3) is 24.9. The highest BCUT2D eigenvalue weighted by Gasteiger charge is 2.46. The van der Waals surface area contributed by atoms with Crippen LogP contribution in [-0.4, -0.2) is 189 Å². The Balaban J connectivity index is 0.000000119. The number of hydrogen-bond acceptors (Lipinski definition) is 18. The number of aromatic nitrogens is 8. The van der Waals surface area contributed by atoms with Crippen LogP contribution in [0.1, 0.15) is 115 Å². The molecule has 0 amide bonds. The van der Waals surface area contributed by atoms with E-state index in [1.807, 2.05) is 127 Å². The van der Waals surface area contributed by atoms with E-state index in [1.165, 1.54) is 120 Å². The lowest BCUT2D eigenvalue weighted by Gasteiger charge is -2.57. The molecular weight excluding hydrogens is 1640 g/mol. The molecule has 133 heavy (non-hydrogen) atoms. The highest BCUT2D eigenvalue weighted by Crippen LogP contribution is 2.44. The zero-order valence-corrected chi connectivity index (χ0v) is 79.8. The van der Waals surface area contributed by atoms with E-state index in [-0.39, 0.29) is 5.54 Å². The van der Waals surface area contributed by atoms with Crippen molar-refractivity contribution in [2.24, 2.45) is 31.8 Å². The van der Waals surface area contributed by atoms with E-state index in [1.54, 1.807) is 43.6 Å². The van der Waals surface area contributed by atoms with Crippen molar-refractivity contribution in [3.8, 4) is 33.6 Å². The van der Waals surface area contributed by atoms with Crippen LogP contribution >= 0.6 is 0 Å². The lowest BCUT2D eigenvalue weighted by Crippen LogP contribution is -2.63. The second-order valence-corrected chi connectivity index (χ2v) is 36.7. The monoisotopic (exact) mass is 1760 g/mol. The van der Waals surface area contributed by atoms with Crippen LogP contribution in [0.5, 0.6) is 0 Å². The van der Waals surface area contributed by atoms with Gasteiger partial charge in [-0.2, -0.15) is 0 Å². The SMILES string of the molecule is C1CCN2C[C@H]3CC(CN4CCCC[C@H]34)C2C1.CC1(C)COC(c2ccc3ccccc3n2)=N1.CN(C)CCN(C)C.Cc1cc(-c2ccccc2)c2ccc3c(-c4ccccc4)cc(C)nc3c2n1.Cc1cc(C)c(N=CC=Nc2c(C)cc(C)cc2C)c(C)c1.c1ccc(-c2ccccn2)nc1.c1ccc2nc(C3=NCCO3)ccc2c1.c1cnc2c(c1)ccc1cccnc12. The Bertz CT molecular complexity index is 6400. The van der Waals surface area contributed by atoms with E-state index in [4.69, 9.17) is 19.4 Å². The summed E-state index contributed by atoms with van der Waals surface area (Å²) in [7, 11) is 8.35. The normalized spacial score (nSPS) is 17.0. The molecule has 0 spiro atoms. The first-order valence-electron chi connectivity index (χ1n) is 47.0. The summed E-state index contributed by atoms with van der Waals surface area (Å²) in [6.07, 6.45) is 21.2. The zero-order chi connectivity index (χ0) is 92.7. The quantitative estimate of drug-likeness (QED) is 0.0880. The maximum atomic E-state index is 5.59. The standard InChI is InChI=1S/C26H20N2.C20H24N2.C15H26N2.C14H14N2O.C12H10N2O.C12H8N2.C10H8N2.C6H16N2/c1-17-15-23(19-9-5-3-6-10-19)21-13-14-22-24(20-11-7-4-8-12-20)16-18(2)28-26(22)25(21)27-17;1-13-9-15(3)19(16(4)10-13)21-7-8-22-20-17(5)11-14(2)12-18(20)6;1-3-7-16-11-13-9-12(14(16)5-1)10-17-8-4-2-6-15(13)17;1-14(2)9-17-13(16-14)12-8-7-10-5-3-4-6-11(10)15-12;1-2-4-10-9(3-1)5-6-11(14-10)12-13-7-8-15-12;1-3-9-5-6-10-4-2-8-14-12(10)11(9)13-7-1;1-3-7-11-9(5-1)10-6-2-4-8-12-10;1-7(2)5-6-8(3)4/h3-16H,1-2H3;7-12H,1-6H3;12-15H,1-11H2;3-8H,9H2,1-2H3;1-6H,7-8H2;1-8H;1-8H;5-6H2,1-4H3/t;;12-,13?,14-,15?;;;;;/m..1...../s1. The maximum absolute atomic E-state index is 5.59. The Kier molecular flexibility index (Phi) is 32.0. The van der Waals surface area contributed by atoms with Crippen molar-refractivity contribution in [1.82, 2.24) is 59.5 Å². The molecule has 14 heterocycles. The summed E-state index contributed by atoms with van der Waals surface area (Å²) < 4.78 is 11.0. The van der Waals surface area contributed by atoms with Crippen molar-refractivity contribution in [2.45, 2.75) is 132 Å². The van der Waals surface area contributed by atoms with Crippen LogP contribution in [0.25, 0.3) is 99.1 Å². The Hall–Kier alpha value is -13.4. The van der Waals surface area contributed by atoms with Gasteiger partial charge < -0.3 is 19.3 Å².